The van der Waals surface area contributed by atoms with Gasteiger partial charge >= 0.3 is 5.97 Å². The maximum absolute atomic E-state index is 10.7. The Labute approximate surface area is 66.7 Å². The number of carbonyl (C=O) groups is 1. The summed E-state index contributed by atoms with van der Waals surface area (Å²) in [5.41, 5.74) is 5.36. The first-order chi connectivity index (χ1) is 5.16. The van der Waals surface area contributed by atoms with Gasteiger partial charge in [0.15, 0.2) is 6.79 Å². The van der Waals surface area contributed by atoms with Crippen LogP contribution < -0.4 is 5.73 Å². The average Bonchev–Trinajstić information content (AvgIpc) is 1.86. The molecule has 0 aliphatic heterocycles. The van der Waals surface area contributed by atoms with E-state index in [-0.39, 0.29) is 25.2 Å². The summed E-state index contributed by atoms with van der Waals surface area (Å²) in [5, 5.41) is 0. The van der Waals surface area contributed by atoms with Gasteiger partial charge in [0.05, 0.1) is 6.42 Å². The summed E-state index contributed by atoms with van der Waals surface area (Å²) in [5.74, 6) is -0.312. The van der Waals surface area contributed by atoms with Crippen LogP contribution in [0, 0.1) is 0 Å². The van der Waals surface area contributed by atoms with Crippen LogP contribution >= 0.6 is 0 Å². The summed E-state index contributed by atoms with van der Waals surface area (Å²) in [7, 11) is 0. The Hall–Kier alpha value is -0.610. The van der Waals surface area contributed by atoms with Crippen LogP contribution in [0.15, 0.2) is 0 Å². The lowest BCUT2D eigenvalue weighted by Gasteiger charge is -2.05. The van der Waals surface area contributed by atoms with Crippen LogP contribution in [0.2, 0.25) is 0 Å². The molecule has 0 aromatic carbocycles. The number of hydrogen-bond acceptors (Lipinski definition) is 4. The smallest absolute Gasteiger partial charge is 0.309 e. The van der Waals surface area contributed by atoms with E-state index in [1.165, 1.54) is 0 Å². The SMILES string of the molecule is CCOCOC(=O)CC(C)N. The quantitative estimate of drug-likeness (QED) is 0.357. The van der Waals surface area contributed by atoms with Crippen molar-refractivity contribution in [3.63, 3.8) is 0 Å². The molecule has 0 aliphatic carbocycles. The molecule has 0 aromatic rings. The van der Waals surface area contributed by atoms with Crippen molar-refractivity contribution in [3.8, 4) is 0 Å². The second-order valence-electron chi connectivity index (χ2n) is 2.31. The zero-order valence-electron chi connectivity index (χ0n) is 7.00. The zero-order valence-corrected chi connectivity index (χ0v) is 7.00. The molecule has 1 unspecified atom stereocenters. The van der Waals surface area contributed by atoms with E-state index >= 15 is 0 Å². The second-order valence-corrected chi connectivity index (χ2v) is 2.31. The highest BCUT2D eigenvalue weighted by atomic mass is 16.7. The van der Waals surface area contributed by atoms with Gasteiger partial charge in [-0.05, 0) is 13.8 Å². The van der Waals surface area contributed by atoms with Gasteiger partial charge in [0.2, 0.25) is 0 Å². The summed E-state index contributed by atoms with van der Waals surface area (Å²) in [6, 6.07) is -0.149. The highest BCUT2D eigenvalue weighted by Gasteiger charge is 2.04. The largest absolute Gasteiger partial charge is 0.438 e. The molecular weight excluding hydrogens is 146 g/mol. The lowest BCUT2D eigenvalue weighted by atomic mass is 10.3. The van der Waals surface area contributed by atoms with Crippen molar-refractivity contribution in [2.24, 2.45) is 5.73 Å². The highest BCUT2D eigenvalue weighted by molar-refractivity contribution is 5.69. The molecule has 0 rings (SSSR count). The lowest BCUT2D eigenvalue weighted by Crippen LogP contribution is -2.21. The zero-order chi connectivity index (χ0) is 8.69. The molecule has 4 heteroatoms. The van der Waals surface area contributed by atoms with E-state index in [9.17, 15) is 4.79 Å². The van der Waals surface area contributed by atoms with E-state index < -0.39 is 0 Å². The third-order valence-electron chi connectivity index (χ3n) is 0.996. The van der Waals surface area contributed by atoms with Crippen molar-refractivity contribution >= 4 is 5.97 Å². The first kappa shape index (κ1) is 10.4. The lowest BCUT2D eigenvalue weighted by molar-refractivity contribution is -0.156. The minimum absolute atomic E-state index is 0.0298. The fourth-order valence-electron chi connectivity index (χ4n) is 0.513. The van der Waals surface area contributed by atoms with Gasteiger partial charge in [-0.3, -0.25) is 4.79 Å². The van der Waals surface area contributed by atoms with E-state index in [0.717, 1.165) is 0 Å². The topological polar surface area (TPSA) is 61.5 Å². The van der Waals surface area contributed by atoms with Gasteiger partial charge in [-0.25, -0.2) is 0 Å². The molecule has 0 saturated carbocycles. The minimum atomic E-state index is -0.312. The fourth-order valence-corrected chi connectivity index (χ4v) is 0.513. The second kappa shape index (κ2) is 6.12. The Kier molecular flexibility index (Phi) is 5.78. The van der Waals surface area contributed by atoms with Crippen molar-refractivity contribution in [2.75, 3.05) is 13.4 Å². The Bertz CT molecular complexity index is 114. The summed E-state index contributed by atoms with van der Waals surface area (Å²) in [4.78, 5) is 10.7. The van der Waals surface area contributed by atoms with Gasteiger partial charge in [0.25, 0.3) is 0 Å². The third-order valence-corrected chi connectivity index (χ3v) is 0.996. The van der Waals surface area contributed by atoms with Crippen LogP contribution in [0.1, 0.15) is 20.3 Å². The van der Waals surface area contributed by atoms with Crippen molar-refractivity contribution in [2.45, 2.75) is 26.3 Å². The summed E-state index contributed by atoms with van der Waals surface area (Å²) in [6.45, 7) is 4.16. The molecule has 0 saturated heterocycles. The van der Waals surface area contributed by atoms with Crippen molar-refractivity contribution in [3.05, 3.63) is 0 Å². The van der Waals surface area contributed by atoms with Gasteiger partial charge in [-0.2, -0.15) is 0 Å². The molecule has 0 aliphatic rings. The predicted molar refractivity (Wildman–Crippen MR) is 40.9 cm³/mol. The van der Waals surface area contributed by atoms with Crippen LogP contribution in [0.4, 0.5) is 0 Å². The van der Waals surface area contributed by atoms with Gasteiger partial charge < -0.3 is 15.2 Å². The van der Waals surface area contributed by atoms with Crippen LogP contribution in [0.5, 0.6) is 0 Å². The van der Waals surface area contributed by atoms with E-state index in [1.807, 2.05) is 6.92 Å². The molecule has 2 N–H and O–H groups in total. The van der Waals surface area contributed by atoms with Gasteiger partial charge in [0, 0.05) is 12.6 Å². The van der Waals surface area contributed by atoms with Gasteiger partial charge in [-0.15, -0.1) is 0 Å². The number of nitrogens with two attached hydrogens (primary N) is 1. The van der Waals surface area contributed by atoms with E-state index in [1.54, 1.807) is 6.92 Å². The number of carbonyl (C=O) groups excluding carboxylic acids is 1. The Morgan fingerprint density at radius 2 is 2.27 bits per heavy atom. The highest BCUT2D eigenvalue weighted by Crippen LogP contribution is 1.90. The molecule has 0 bridgehead atoms. The molecule has 1 atom stereocenters. The third kappa shape index (κ3) is 7.29. The summed E-state index contributed by atoms with van der Waals surface area (Å²) in [6.07, 6.45) is 0.243. The van der Waals surface area contributed by atoms with Crippen LogP contribution in [0.25, 0.3) is 0 Å². The molecule has 0 fully saturated rings. The number of hydrogen-bond donors (Lipinski definition) is 1. The molecular formula is C7H15NO3. The monoisotopic (exact) mass is 161 g/mol. The molecule has 0 radical (unpaired) electrons. The average molecular weight is 161 g/mol. The Morgan fingerprint density at radius 1 is 1.64 bits per heavy atom. The molecule has 0 amide bonds. The summed E-state index contributed by atoms with van der Waals surface area (Å²) >= 11 is 0. The Balaban J connectivity index is 3.23. The maximum atomic E-state index is 10.7. The van der Waals surface area contributed by atoms with E-state index in [2.05, 4.69) is 4.74 Å². The number of esters is 1. The molecule has 0 aromatic heterocycles. The minimum Gasteiger partial charge on any atom is -0.438 e. The normalized spacial score (nSPS) is 12.6. The number of ether oxygens (including phenoxy) is 2. The van der Waals surface area contributed by atoms with E-state index in [4.69, 9.17) is 10.5 Å². The molecule has 11 heavy (non-hydrogen) atoms. The summed E-state index contributed by atoms with van der Waals surface area (Å²) < 4.78 is 9.45. The first-order valence-electron chi connectivity index (χ1n) is 3.65. The van der Waals surface area contributed by atoms with Crippen LogP contribution in [0.3, 0.4) is 0 Å². The van der Waals surface area contributed by atoms with Crippen LogP contribution in [-0.4, -0.2) is 25.4 Å². The number of rotatable bonds is 5. The maximum Gasteiger partial charge on any atom is 0.309 e. The van der Waals surface area contributed by atoms with Crippen LogP contribution in [-0.2, 0) is 14.3 Å². The molecule has 0 spiro atoms. The van der Waals surface area contributed by atoms with E-state index in [0.29, 0.717) is 6.61 Å². The van der Waals surface area contributed by atoms with Gasteiger partial charge in [0.1, 0.15) is 0 Å². The molecule has 0 heterocycles. The van der Waals surface area contributed by atoms with Gasteiger partial charge in [-0.1, -0.05) is 0 Å². The predicted octanol–water partition coefficient (Wildman–Crippen LogP) is 0.261. The molecule has 66 valence electrons. The molecule has 4 nitrogen and oxygen atoms in total. The van der Waals surface area contributed by atoms with Crippen molar-refractivity contribution in [1.29, 1.82) is 0 Å². The fraction of sp³-hybridized carbons (Fsp3) is 0.857. The van der Waals surface area contributed by atoms with Crippen molar-refractivity contribution in [1.82, 2.24) is 0 Å². The van der Waals surface area contributed by atoms with Crippen molar-refractivity contribution < 1.29 is 14.3 Å². The standard InChI is InChI=1S/C7H15NO3/c1-3-10-5-11-7(9)4-6(2)8/h6H,3-5,8H2,1-2H3. The Morgan fingerprint density at radius 3 is 2.73 bits per heavy atom. The first-order valence-corrected chi connectivity index (χ1v) is 3.65.